The summed E-state index contributed by atoms with van der Waals surface area (Å²) in [5.74, 6) is -0.152. The van der Waals surface area contributed by atoms with E-state index >= 15 is 0 Å². The molecule has 2 saturated heterocycles. The second-order valence-corrected chi connectivity index (χ2v) is 6.82. The number of amides is 1. The van der Waals surface area contributed by atoms with Gasteiger partial charge in [0.05, 0.1) is 25.3 Å². The van der Waals surface area contributed by atoms with E-state index in [1.54, 1.807) is 30.0 Å². The number of oxazole rings is 1. The summed E-state index contributed by atoms with van der Waals surface area (Å²) in [5, 5.41) is 0. The molecule has 3 heterocycles. The molecule has 1 aromatic heterocycles. The third-order valence-electron chi connectivity index (χ3n) is 4.93. The number of aromatic nitrogens is 1. The summed E-state index contributed by atoms with van der Waals surface area (Å²) in [6.45, 7) is 4.31. The maximum Gasteiger partial charge on any atom is 0.276 e. The van der Waals surface area contributed by atoms with E-state index in [0.29, 0.717) is 32.1 Å². The predicted octanol–water partition coefficient (Wildman–Crippen LogP) is 2.81. The number of carbonyl (C=O) groups is 1. The average molecular weight is 360 g/mol. The molecule has 1 amide bonds. The quantitative estimate of drug-likeness (QED) is 0.824. The number of ether oxygens (including phenoxy) is 2. The largest absolute Gasteiger partial charge is 0.440 e. The van der Waals surface area contributed by atoms with Gasteiger partial charge in [-0.15, -0.1) is 0 Å². The SMILES string of the molecule is Cc1oc(-c2ccccc2F)nc1C(=O)N1CCOC2(CCCOC2)C1. The van der Waals surface area contributed by atoms with Crippen LogP contribution in [0.4, 0.5) is 4.39 Å². The predicted molar refractivity (Wildman–Crippen MR) is 91.3 cm³/mol. The van der Waals surface area contributed by atoms with Crippen LogP contribution in [0.25, 0.3) is 11.5 Å². The van der Waals surface area contributed by atoms with Crippen molar-refractivity contribution in [3.8, 4) is 11.5 Å². The highest BCUT2D eigenvalue weighted by Gasteiger charge is 2.41. The van der Waals surface area contributed by atoms with Gasteiger partial charge < -0.3 is 18.8 Å². The van der Waals surface area contributed by atoms with Gasteiger partial charge in [0.2, 0.25) is 5.89 Å². The molecular weight excluding hydrogens is 339 g/mol. The van der Waals surface area contributed by atoms with Crippen molar-refractivity contribution in [3.63, 3.8) is 0 Å². The monoisotopic (exact) mass is 360 g/mol. The molecule has 1 spiro atoms. The lowest BCUT2D eigenvalue weighted by Crippen LogP contribution is -2.57. The van der Waals surface area contributed by atoms with Crippen molar-refractivity contribution in [2.24, 2.45) is 0 Å². The van der Waals surface area contributed by atoms with E-state index in [0.717, 1.165) is 19.4 Å². The fraction of sp³-hybridized carbons (Fsp3) is 0.474. The maximum atomic E-state index is 14.0. The molecule has 2 aliphatic heterocycles. The lowest BCUT2D eigenvalue weighted by Gasteiger charge is -2.44. The molecule has 7 heteroatoms. The van der Waals surface area contributed by atoms with Gasteiger partial charge in [0.15, 0.2) is 5.69 Å². The van der Waals surface area contributed by atoms with E-state index < -0.39 is 11.4 Å². The van der Waals surface area contributed by atoms with Crippen LogP contribution in [0.2, 0.25) is 0 Å². The van der Waals surface area contributed by atoms with Gasteiger partial charge in [0.25, 0.3) is 5.91 Å². The van der Waals surface area contributed by atoms with Crippen LogP contribution >= 0.6 is 0 Å². The Labute approximate surface area is 150 Å². The van der Waals surface area contributed by atoms with Gasteiger partial charge in [-0.3, -0.25) is 4.79 Å². The summed E-state index contributed by atoms with van der Waals surface area (Å²) in [7, 11) is 0. The van der Waals surface area contributed by atoms with Crippen molar-refractivity contribution in [3.05, 3.63) is 41.5 Å². The summed E-state index contributed by atoms with van der Waals surface area (Å²) in [6, 6.07) is 6.22. The summed E-state index contributed by atoms with van der Waals surface area (Å²) in [5.41, 5.74) is 0.0313. The zero-order valence-electron chi connectivity index (χ0n) is 14.7. The van der Waals surface area contributed by atoms with E-state index in [1.807, 2.05) is 0 Å². The highest BCUT2D eigenvalue weighted by molar-refractivity contribution is 5.93. The molecule has 0 radical (unpaired) electrons. The minimum Gasteiger partial charge on any atom is -0.440 e. The van der Waals surface area contributed by atoms with Crippen molar-refractivity contribution in [1.82, 2.24) is 9.88 Å². The lowest BCUT2D eigenvalue weighted by molar-refractivity contribution is -0.160. The minimum absolute atomic E-state index is 0.118. The van der Waals surface area contributed by atoms with Crippen molar-refractivity contribution >= 4 is 5.91 Å². The Balaban J connectivity index is 1.57. The van der Waals surface area contributed by atoms with Crippen LogP contribution in [0, 0.1) is 12.7 Å². The Bertz CT molecular complexity index is 808. The number of carbonyl (C=O) groups excluding carboxylic acids is 1. The molecule has 4 rings (SSSR count). The van der Waals surface area contributed by atoms with Crippen LogP contribution in [0.5, 0.6) is 0 Å². The Morgan fingerprint density at radius 2 is 2.15 bits per heavy atom. The van der Waals surface area contributed by atoms with Crippen molar-refractivity contribution in [2.75, 3.05) is 32.9 Å². The molecule has 1 aromatic carbocycles. The van der Waals surface area contributed by atoms with Gasteiger partial charge in [0, 0.05) is 13.2 Å². The van der Waals surface area contributed by atoms with E-state index in [9.17, 15) is 9.18 Å². The highest BCUT2D eigenvalue weighted by Crippen LogP contribution is 2.30. The van der Waals surface area contributed by atoms with E-state index in [-0.39, 0.29) is 23.1 Å². The van der Waals surface area contributed by atoms with Crippen LogP contribution in [0.1, 0.15) is 29.1 Å². The number of halogens is 1. The van der Waals surface area contributed by atoms with Crippen LogP contribution < -0.4 is 0 Å². The first-order valence-corrected chi connectivity index (χ1v) is 8.81. The third kappa shape index (κ3) is 3.12. The fourth-order valence-corrected chi connectivity index (χ4v) is 3.58. The molecule has 0 aliphatic carbocycles. The van der Waals surface area contributed by atoms with Crippen molar-refractivity contribution in [1.29, 1.82) is 0 Å². The normalized spacial score (nSPS) is 23.4. The molecule has 0 saturated carbocycles. The number of aryl methyl sites for hydroxylation is 1. The Kier molecular flexibility index (Phi) is 4.50. The highest BCUT2D eigenvalue weighted by atomic mass is 19.1. The van der Waals surface area contributed by atoms with E-state index in [1.165, 1.54) is 6.07 Å². The van der Waals surface area contributed by atoms with E-state index in [4.69, 9.17) is 13.9 Å². The Morgan fingerprint density at radius 1 is 1.31 bits per heavy atom. The number of hydrogen-bond acceptors (Lipinski definition) is 5. The topological polar surface area (TPSA) is 64.8 Å². The number of morpholine rings is 1. The zero-order valence-corrected chi connectivity index (χ0v) is 14.7. The summed E-state index contributed by atoms with van der Waals surface area (Å²) < 4.78 is 31.0. The molecule has 2 fully saturated rings. The molecular formula is C19H21FN2O4. The fourth-order valence-electron chi connectivity index (χ4n) is 3.58. The molecule has 2 aliphatic rings. The minimum atomic E-state index is -0.433. The Morgan fingerprint density at radius 3 is 2.92 bits per heavy atom. The smallest absolute Gasteiger partial charge is 0.276 e. The van der Waals surface area contributed by atoms with Gasteiger partial charge in [-0.1, -0.05) is 12.1 Å². The van der Waals surface area contributed by atoms with Crippen LogP contribution in [-0.4, -0.2) is 54.3 Å². The summed E-state index contributed by atoms with van der Waals surface area (Å²) >= 11 is 0. The number of benzene rings is 1. The zero-order chi connectivity index (χ0) is 18.1. The first-order valence-electron chi connectivity index (χ1n) is 8.81. The molecule has 1 atom stereocenters. The van der Waals surface area contributed by atoms with Crippen LogP contribution in [-0.2, 0) is 9.47 Å². The third-order valence-corrected chi connectivity index (χ3v) is 4.93. The van der Waals surface area contributed by atoms with E-state index in [2.05, 4.69) is 4.98 Å². The number of rotatable bonds is 2. The van der Waals surface area contributed by atoms with Gasteiger partial charge >= 0.3 is 0 Å². The molecule has 0 bridgehead atoms. The maximum absolute atomic E-state index is 14.0. The standard InChI is InChI=1S/C19H21FN2O4/c1-13-16(21-17(26-13)14-5-2-3-6-15(14)20)18(23)22-8-10-25-19(11-22)7-4-9-24-12-19/h2-3,5-6H,4,7-12H2,1H3. The summed E-state index contributed by atoms with van der Waals surface area (Å²) in [6.07, 6.45) is 1.79. The molecule has 138 valence electrons. The summed E-state index contributed by atoms with van der Waals surface area (Å²) in [4.78, 5) is 19.0. The van der Waals surface area contributed by atoms with Gasteiger partial charge in [-0.2, -0.15) is 0 Å². The molecule has 26 heavy (non-hydrogen) atoms. The molecule has 1 unspecified atom stereocenters. The first kappa shape index (κ1) is 17.2. The molecule has 6 nitrogen and oxygen atoms in total. The second-order valence-electron chi connectivity index (χ2n) is 6.82. The van der Waals surface area contributed by atoms with Crippen molar-refractivity contribution < 1.29 is 23.1 Å². The molecule has 2 aromatic rings. The Hall–Kier alpha value is -2.25. The number of hydrogen-bond donors (Lipinski definition) is 0. The lowest BCUT2D eigenvalue weighted by atomic mass is 9.94. The van der Waals surface area contributed by atoms with Crippen LogP contribution in [0.15, 0.2) is 28.7 Å². The van der Waals surface area contributed by atoms with Gasteiger partial charge in [-0.05, 0) is 31.9 Å². The number of nitrogens with zero attached hydrogens (tertiary/aromatic N) is 2. The second kappa shape index (κ2) is 6.81. The van der Waals surface area contributed by atoms with Gasteiger partial charge in [0.1, 0.15) is 17.2 Å². The van der Waals surface area contributed by atoms with Crippen molar-refractivity contribution in [2.45, 2.75) is 25.4 Å². The average Bonchev–Trinajstić information content (AvgIpc) is 3.03. The van der Waals surface area contributed by atoms with Crippen LogP contribution in [0.3, 0.4) is 0 Å². The molecule has 0 N–H and O–H groups in total. The first-order chi connectivity index (χ1) is 12.6. The van der Waals surface area contributed by atoms with Gasteiger partial charge in [-0.25, -0.2) is 9.37 Å².